The summed E-state index contributed by atoms with van der Waals surface area (Å²) in [7, 11) is 2.83. The maximum absolute atomic E-state index is 12.5. The van der Waals surface area contributed by atoms with E-state index in [1.54, 1.807) is 6.07 Å². The second-order valence-corrected chi connectivity index (χ2v) is 9.54. The molecule has 0 bridgehead atoms. The molecule has 4 rings (SSSR count). The molecular formula is C31H24F9N3O3. The largest absolute Gasteiger partial charge is 0.416 e. The smallest absolute Gasteiger partial charge is 0.294 e. The first kappa shape index (κ1) is 35.7. The number of halogens is 9. The lowest BCUT2D eigenvalue weighted by molar-refractivity contribution is -0.138. The van der Waals surface area contributed by atoms with Crippen LogP contribution in [0, 0.1) is 0 Å². The van der Waals surface area contributed by atoms with Gasteiger partial charge in [0.1, 0.15) is 0 Å². The van der Waals surface area contributed by atoms with Crippen molar-refractivity contribution in [2.75, 3.05) is 14.2 Å². The van der Waals surface area contributed by atoms with Gasteiger partial charge in [0, 0.05) is 42.6 Å². The second-order valence-electron chi connectivity index (χ2n) is 9.54. The number of carbonyl (C=O) groups excluding carboxylic acids is 2. The van der Waals surface area contributed by atoms with Gasteiger partial charge in [0.05, 0.1) is 41.6 Å². The molecule has 0 aliphatic carbocycles. The molecule has 46 heavy (non-hydrogen) atoms. The van der Waals surface area contributed by atoms with E-state index in [-0.39, 0.29) is 11.5 Å². The van der Waals surface area contributed by atoms with Crippen LogP contribution in [0.15, 0.2) is 85.2 Å². The standard InChI is InChI=1S/C16H11F6NO.C15H13F3N2O2/c17-15(18,19)8-7-14(24)11-3-6-13(23-9-11)10-1-4-12(5-2-10)16(20,21)22;1-20(22-2)14(21)11-5-8-13(19-9-11)10-3-6-12(7-4-10)15(16,17)18/h1-6,9H,7-8H2;3-9H,1-2H3. The number of alkyl halides is 9. The van der Waals surface area contributed by atoms with Crippen LogP contribution < -0.4 is 0 Å². The first-order valence-corrected chi connectivity index (χ1v) is 13.1. The van der Waals surface area contributed by atoms with Crippen molar-refractivity contribution in [2.24, 2.45) is 0 Å². The Morgan fingerprint density at radius 1 is 0.652 bits per heavy atom. The molecule has 0 aliphatic heterocycles. The summed E-state index contributed by atoms with van der Waals surface area (Å²) >= 11 is 0. The molecule has 0 spiro atoms. The van der Waals surface area contributed by atoms with Gasteiger partial charge in [-0.2, -0.15) is 39.5 Å². The third-order valence-corrected chi connectivity index (χ3v) is 6.31. The van der Waals surface area contributed by atoms with Gasteiger partial charge in [-0.05, 0) is 48.5 Å². The molecule has 0 N–H and O–H groups in total. The number of hydroxylamine groups is 2. The summed E-state index contributed by atoms with van der Waals surface area (Å²) in [6.07, 6.45) is -12.6. The van der Waals surface area contributed by atoms with E-state index in [9.17, 15) is 49.1 Å². The lowest BCUT2D eigenvalue weighted by atomic mass is 10.1. The molecule has 1 amide bonds. The minimum absolute atomic E-state index is 0.0231. The fourth-order valence-corrected chi connectivity index (χ4v) is 3.74. The third kappa shape index (κ3) is 10.1. The van der Waals surface area contributed by atoms with Crippen molar-refractivity contribution < 1.29 is 53.9 Å². The lowest BCUT2D eigenvalue weighted by Crippen LogP contribution is -2.25. The van der Waals surface area contributed by atoms with Crippen LogP contribution in [0.3, 0.4) is 0 Å². The highest BCUT2D eigenvalue weighted by Crippen LogP contribution is 2.32. The molecular weight excluding hydrogens is 633 g/mol. The van der Waals surface area contributed by atoms with Gasteiger partial charge in [0.25, 0.3) is 5.91 Å². The lowest BCUT2D eigenvalue weighted by Gasteiger charge is -2.13. The highest BCUT2D eigenvalue weighted by Gasteiger charge is 2.31. The molecule has 0 radical (unpaired) electrons. The Bertz CT molecular complexity index is 1600. The van der Waals surface area contributed by atoms with Gasteiger partial charge in [-0.1, -0.05) is 24.3 Å². The molecule has 4 aromatic rings. The Kier molecular flexibility index (Phi) is 11.3. The van der Waals surface area contributed by atoms with E-state index in [0.29, 0.717) is 28.1 Å². The van der Waals surface area contributed by atoms with Gasteiger partial charge in [0.15, 0.2) is 5.78 Å². The number of carbonyl (C=O) groups is 2. The average Bonchev–Trinajstić information content (AvgIpc) is 3.02. The summed E-state index contributed by atoms with van der Waals surface area (Å²) in [5.74, 6) is -1.06. The summed E-state index contributed by atoms with van der Waals surface area (Å²) < 4.78 is 111. The molecule has 15 heteroatoms. The van der Waals surface area contributed by atoms with Gasteiger partial charge in [-0.25, -0.2) is 5.06 Å². The van der Waals surface area contributed by atoms with E-state index in [1.807, 2.05) is 0 Å². The van der Waals surface area contributed by atoms with E-state index in [1.165, 1.54) is 62.8 Å². The van der Waals surface area contributed by atoms with Crippen molar-refractivity contribution in [2.45, 2.75) is 31.4 Å². The van der Waals surface area contributed by atoms with Crippen LogP contribution >= 0.6 is 0 Å². The molecule has 2 heterocycles. The Morgan fingerprint density at radius 2 is 1.07 bits per heavy atom. The highest BCUT2D eigenvalue weighted by molar-refractivity contribution is 5.96. The number of hydrogen-bond acceptors (Lipinski definition) is 5. The Hall–Kier alpha value is -4.79. The number of ketones is 1. The van der Waals surface area contributed by atoms with Crippen molar-refractivity contribution in [1.82, 2.24) is 15.0 Å². The zero-order valence-corrected chi connectivity index (χ0v) is 24.0. The Balaban J connectivity index is 0.000000251. The van der Waals surface area contributed by atoms with Crippen molar-refractivity contribution in [3.8, 4) is 22.5 Å². The molecule has 0 atom stereocenters. The number of amides is 1. The van der Waals surface area contributed by atoms with Crippen LogP contribution in [0.5, 0.6) is 0 Å². The summed E-state index contributed by atoms with van der Waals surface area (Å²) in [4.78, 5) is 36.2. The number of hydrogen-bond donors (Lipinski definition) is 0. The van der Waals surface area contributed by atoms with E-state index < -0.39 is 48.3 Å². The average molecular weight is 658 g/mol. The van der Waals surface area contributed by atoms with Crippen molar-refractivity contribution in [3.63, 3.8) is 0 Å². The van der Waals surface area contributed by atoms with Crippen molar-refractivity contribution >= 4 is 11.7 Å². The third-order valence-electron chi connectivity index (χ3n) is 6.31. The van der Waals surface area contributed by atoms with Crippen LogP contribution in [-0.4, -0.2) is 47.1 Å². The quantitative estimate of drug-likeness (QED) is 0.113. The van der Waals surface area contributed by atoms with E-state index in [0.717, 1.165) is 35.5 Å². The van der Waals surface area contributed by atoms with E-state index in [4.69, 9.17) is 4.84 Å². The topological polar surface area (TPSA) is 72.4 Å². The summed E-state index contributed by atoms with van der Waals surface area (Å²) in [6.45, 7) is 0. The fourth-order valence-electron chi connectivity index (χ4n) is 3.74. The van der Waals surface area contributed by atoms with Crippen LogP contribution in [0.25, 0.3) is 22.5 Å². The van der Waals surface area contributed by atoms with Gasteiger partial charge in [-0.3, -0.25) is 24.4 Å². The predicted molar refractivity (Wildman–Crippen MR) is 148 cm³/mol. The normalized spacial score (nSPS) is 11.8. The molecule has 0 fully saturated rings. The first-order valence-electron chi connectivity index (χ1n) is 13.1. The van der Waals surface area contributed by atoms with Gasteiger partial charge < -0.3 is 0 Å². The van der Waals surface area contributed by atoms with Crippen LogP contribution in [0.4, 0.5) is 39.5 Å². The molecule has 244 valence electrons. The van der Waals surface area contributed by atoms with Crippen molar-refractivity contribution in [3.05, 3.63) is 107 Å². The van der Waals surface area contributed by atoms with Gasteiger partial charge in [0.2, 0.25) is 0 Å². The number of nitrogens with zero attached hydrogens (tertiary/aromatic N) is 3. The maximum atomic E-state index is 12.5. The molecule has 2 aromatic heterocycles. The highest BCUT2D eigenvalue weighted by atomic mass is 19.4. The minimum atomic E-state index is -4.44. The SMILES string of the molecule is CON(C)C(=O)c1ccc(-c2ccc(C(F)(F)F)cc2)nc1.O=C(CCC(F)(F)F)c1ccc(-c2ccc(C(F)(F)F)cc2)nc1. The molecule has 0 saturated heterocycles. The molecule has 0 unspecified atom stereocenters. The van der Waals surface area contributed by atoms with Crippen LogP contribution in [-0.2, 0) is 17.2 Å². The Labute approximate surface area is 256 Å². The predicted octanol–water partition coefficient (Wildman–Crippen LogP) is 8.69. The van der Waals surface area contributed by atoms with Crippen LogP contribution in [0.1, 0.15) is 44.7 Å². The minimum Gasteiger partial charge on any atom is -0.294 e. The Morgan fingerprint density at radius 3 is 1.39 bits per heavy atom. The molecule has 0 aliphatic rings. The summed E-state index contributed by atoms with van der Waals surface area (Å²) in [6, 6.07) is 14.7. The van der Waals surface area contributed by atoms with E-state index >= 15 is 0 Å². The summed E-state index contributed by atoms with van der Waals surface area (Å²) in [5.41, 5.74) is 0.552. The van der Waals surface area contributed by atoms with Crippen molar-refractivity contribution in [1.29, 1.82) is 0 Å². The maximum Gasteiger partial charge on any atom is 0.416 e. The molecule has 0 saturated carbocycles. The second kappa shape index (κ2) is 14.5. The zero-order chi connectivity index (χ0) is 34.3. The van der Waals surface area contributed by atoms with Crippen LogP contribution in [0.2, 0.25) is 0 Å². The van der Waals surface area contributed by atoms with E-state index in [2.05, 4.69) is 9.97 Å². The fraction of sp³-hybridized carbons (Fsp3) is 0.226. The number of aromatic nitrogens is 2. The monoisotopic (exact) mass is 657 g/mol. The first-order chi connectivity index (χ1) is 21.4. The number of pyridine rings is 2. The number of rotatable bonds is 7. The van der Waals surface area contributed by atoms with Gasteiger partial charge in [-0.15, -0.1) is 0 Å². The molecule has 6 nitrogen and oxygen atoms in total. The number of benzene rings is 2. The number of Topliss-reactive ketones (excluding diaryl/α,β-unsaturated/α-hetero) is 1. The zero-order valence-electron chi connectivity index (χ0n) is 24.0. The summed E-state index contributed by atoms with van der Waals surface area (Å²) in [5, 5.41) is 1.05. The molecule has 2 aromatic carbocycles. The van der Waals surface area contributed by atoms with Gasteiger partial charge >= 0.3 is 18.5 Å².